The van der Waals surface area contributed by atoms with Crippen LogP contribution in [-0.2, 0) is 0 Å². The largest absolute Gasteiger partial charge is 0.411 e. The predicted octanol–water partition coefficient (Wildman–Crippen LogP) is 2.55. The Morgan fingerprint density at radius 1 is 1.55 bits per heavy atom. The Kier molecular flexibility index (Phi) is 3.43. The maximum Gasteiger partial charge on any atom is 0.0970 e. The van der Waals surface area contributed by atoms with Gasteiger partial charge in [-0.25, -0.2) is 0 Å². The van der Waals surface area contributed by atoms with Crippen LogP contribution in [0.5, 0.6) is 0 Å². The second-order valence-electron chi connectivity index (χ2n) is 2.68. The molecule has 0 bridgehead atoms. The third-order valence-electron chi connectivity index (χ3n) is 1.80. The first kappa shape index (κ1) is 8.60. The summed E-state index contributed by atoms with van der Waals surface area (Å²) in [5.74, 6) is 0. The van der Waals surface area contributed by atoms with E-state index in [2.05, 4.69) is 5.16 Å². The lowest BCUT2D eigenvalue weighted by molar-refractivity contribution is 0.318. The normalized spacial score (nSPS) is 32.8. The minimum absolute atomic E-state index is 0.114. The van der Waals surface area contributed by atoms with E-state index in [9.17, 15) is 0 Å². The zero-order valence-corrected chi connectivity index (χ0v) is 7.09. The summed E-state index contributed by atoms with van der Waals surface area (Å²) in [6, 6.07) is 0. The van der Waals surface area contributed by atoms with Gasteiger partial charge in [-0.1, -0.05) is 17.7 Å². The molecular weight excluding hydrogens is 162 g/mol. The lowest BCUT2D eigenvalue weighted by atomic mass is 10.0. The van der Waals surface area contributed by atoms with Gasteiger partial charge >= 0.3 is 0 Å². The molecule has 0 aromatic heterocycles. The monoisotopic (exact) mass is 173 g/mol. The van der Waals surface area contributed by atoms with Gasteiger partial charge in [-0.2, -0.15) is 0 Å². The van der Waals surface area contributed by atoms with E-state index in [0.717, 1.165) is 19.3 Å². The van der Waals surface area contributed by atoms with Gasteiger partial charge in [-0.15, -0.1) is 11.6 Å². The molecule has 2 nitrogen and oxygen atoms in total. The molecule has 1 aliphatic rings. The second kappa shape index (κ2) is 4.39. The van der Waals surface area contributed by atoms with Gasteiger partial charge in [0.25, 0.3) is 0 Å². The first-order chi connectivity index (χ1) is 5.34. The van der Waals surface area contributed by atoms with Crippen LogP contribution < -0.4 is 0 Å². The molecule has 0 aromatic carbocycles. The Balaban J connectivity index is 2.64. The highest BCUT2D eigenvalue weighted by Crippen LogP contribution is 2.15. The van der Waals surface area contributed by atoms with E-state index in [1.54, 1.807) is 6.08 Å². The second-order valence-corrected chi connectivity index (χ2v) is 3.21. The van der Waals surface area contributed by atoms with E-state index >= 15 is 0 Å². The van der Waals surface area contributed by atoms with Crippen molar-refractivity contribution in [3.05, 3.63) is 12.2 Å². The van der Waals surface area contributed by atoms with E-state index in [4.69, 9.17) is 16.8 Å². The molecule has 1 unspecified atom stereocenters. The molecule has 0 heterocycles. The highest BCUT2D eigenvalue weighted by atomic mass is 35.5. The fourth-order valence-corrected chi connectivity index (χ4v) is 1.41. The molecule has 1 rings (SSSR count). The molecule has 11 heavy (non-hydrogen) atoms. The molecule has 0 aliphatic heterocycles. The molecule has 0 amide bonds. The van der Waals surface area contributed by atoms with Crippen LogP contribution in [0.1, 0.15) is 25.7 Å². The molecule has 0 spiro atoms. The van der Waals surface area contributed by atoms with Crippen LogP contribution in [0.4, 0.5) is 0 Å². The van der Waals surface area contributed by atoms with Crippen molar-refractivity contribution >= 4 is 17.3 Å². The Hall–Kier alpha value is -0.500. The number of hydrogen-bond acceptors (Lipinski definition) is 2. The van der Waals surface area contributed by atoms with Gasteiger partial charge in [0.15, 0.2) is 0 Å². The summed E-state index contributed by atoms with van der Waals surface area (Å²) in [4.78, 5) is 0. The van der Waals surface area contributed by atoms with Gasteiger partial charge in [0.2, 0.25) is 0 Å². The molecule has 62 valence electrons. The van der Waals surface area contributed by atoms with Crippen LogP contribution in [0.25, 0.3) is 0 Å². The SMILES string of the molecule is O/N=C1/C=C\CCCCC1Cl. The molecule has 0 saturated carbocycles. The van der Waals surface area contributed by atoms with E-state index in [-0.39, 0.29) is 5.38 Å². The Labute approximate surface area is 71.5 Å². The van der Waals surface area contributed by atoms with Crippen molar-refractivity contribution in [2.45, 2.75) is 31.1 Å². The Morgan fingerprint density at radius 2 is 2.36 bits per heavy atom. The number of halogens is 1. The molecule has 0 fully saturated rings. The van der Waals surface area contributed by atoms with Gasteiger partial charge in [0.05, 0.1) is 11.1 Å². The maximum absolute atomic E-state index is 8.53. The molecule has 1 aliphatic carbocycles. The van der Waals surface area contributed by atoms with Gasteiger partial charge in [0, 0.05) is 0 Å². The zero-order valence-electron chi connectivity index (χ0n) is 6.33. The van der Waals surface area contributed by atoms with E-state index in [1.807, 2.05) is 6.08 Å². The predicted molar refractivity (Wildman–Crippen MR) is 46.5 cm³/mol. The molecule has 1 atom stereocenters. The molecule has 0 saturated heterocycles. The molecule has 1 N–H and O–H groups in total. The van der Waals surface area contributed by atoms with Gasteiger partial charge < -0.3 is 5.21 Å². The Bertz CT molecular complexity index is 177. The number of rotatable bonds is 0. The van der Waals surface area contributed by atoms with E-state index in [0.29, 0.717) is 5.71 Å². The minimum Gasteiger partial charge on any atom is -0.411 e. The van der Waals surface area contributed by atoms with Crippen LogP contribution in [0, 0.1) is 0 Å². The fraction of sp³-hybridized carbons (Fsp3) is 0.625. The summed E-state index contributed by atoms with van der Waals surface area (Å²) in [6.07, 6.45) is 8.06. The molecule has 0 aromatic rings. The molecule has 0 radical (unpaired) electrons. The van der Waals surface area contributed by atoms with Crippen LogP contribution >= 0.6 is 11.6 Å². The number of nitrogens with zero attached hydrogens (tertiary/aromatic N) is 1. The van der Waals surface area contributed by atoms with Gasteiger partial charge in [-0.05, 0) is 25.3 Å². The van der Waals surface area contributed by atoms with Crippen molar-refractivity contribution in [3.8, 4) is 0 Å². The van der Waals surface area contributed by atoms with Crippen LogP contribution in [0.15, 0.2) is 17.3 Å². The first-order valence-electron chi connectivity index (χ1n) is 3.87. The van der Waals surface area contributed by atoms with Crippen molar-refractivity contribution in [2.75, 3.05) is 0 Å². The van der Waals surface area contributed by atoms with Crippen LogP contribution in [-0.4, -0.2) is 16.3 Å². The van der Waals surface area contributed by atoms with E-state index < -0.39 is 0 Å². The molecular formula is C8H12ClNO. The van der Waals surface area contributed by atoms with Crippen LogP contribution in [0.2, 0.25) is 0 Å². The quantitative estimate of drug-likeness (QED) is 0.341. The minimum atomic E-state index is -0.114. The first-order valence-corrected chi connectivity index (χ1v) is 4.31. The number of oxime groups is 1. The summed E-state index contributed by atoms with van der Waals surface area (Å²) in [7, 11) is 0. The summed E-state index contributed by atoms with van der Waals surface area (Å²) in [5.41, 5.74) is 0.589. The fourth-order valence-electron chi connectivity index (χ4n) is 1.14. The van der Waals surface area contributed by atoms with Crippen molar-refractivity contribution in [2.24, 2.45) is 5.16 Å². The smallest absolute Gasteiger partial charge is 0.0970 e. The average Bonchev–Trinajstić information content (AvgIpc) is 1.98. The topological polar surface area (TPSA) is 32.6 Å². The summed E-state index contributed by atoms with van der Waals surface area (Å²) in [5, 5.41) is 11.5. The third-order valence-corrected chi connectivity index (χ3v) is 2.25. The lowest BCUT2D eigenvalue weighted by Gasteiger charge is -2.09. The summed E-state index contributed by atoms with van der Waals surface area (Å²) in [6.45, 7) is 0. The van der Waals surface area contributed by atoms with Gasteiger partial charge in [-0.3, -0.25) is 0 Å². The summed E-state index contributed by atoms with van der Waals surface area (Å²) < 4.78 is 0. The standard InChI is InChI=1S/C8H12ClNO/c9-7-5-3-1-2-4-6-8(7)10-11/h4,6-7,11H,1-3,5H2/b6-4-,10-8-. The third kappa shape index (κ3) is 2.54. The van der Waals surface area contributed by atoms with Crippen molar-refractivity contribution < 1.29 is 5.21 Å². The Morgan fingerprint density at radius 3 is 3.09 bits per heavy atom. The zero-order chi connectivity index (χ0) is 8.10. The molecule has 3 heteroatoms. The highest BCUT2D eigenvalue weighted by molar-refractivity contribution is 6.33. The highest BCUT2D eigenvalue weighted by Gasteiger charge is 2.11. The maximum atomic E-state index is 8.53. The van der Waals surface area contributed by atoms with Crippen molar-refractivity contribution in [3.63, 3.8) is 0 Å². The number of allylic oxidation sites excluding steroid dienone is 2. The average molecular weight is 174 g/mol. The number of hydrogen-bond donors (Lipinski definition) is 1. The van der Waals surface area contributed by atoms with Crippen molar-refractivity contribution in [1.29, 1.82) is 0 Å². The van der Waals surface area contributed by atoms with E-state index in [1.165, 1.54) is 6.42 Å². The number of alkyl halides is 1. The lowest BCUT2D eigenvalue weighted by Crippen LogP contribution is -2.13. The van der Waals surface area contributed by atoms with Crippen LogP contribution in [0.3, 0.4) is 0 Å². The van der Waals surface area contributed by atoms with Gasteiger partial charge in [0.1, 0.15) is 0 Å². The van der Waals surface area contributed by atoms with Crippen molar-refractivity contribution in [1.82, 2.24) is 0 Å². The summed E-state index contributed by atoms with van der Waals surface area (Å²) >= 11 is 5.92.